The molecule has 0 aliphatic heterocycles. The molecule has 0 saturated carbocycles. The number of aromatic hydroxyl groups is 2. The molecule has 3 nitrogen and oxygen atoms in total. The number of ether oxygens (including phenoxy) is 1. The minimum Gasteiger partial charge on any atom is -0.504 e. The summed E-state index contributed by atoms with van der Waals surface area (Å²) in [5.74, 6) is -0.153. The maximum Gasteiger partial charge on any atom is 0.157 e. The molecule has 0 aliphatic rings. The highest BCUT2D eigenvalue weighted by Gasteiger charge is 1.90. The van der Waals surface area contributed by atoms with Gasteiger partial charge in [0.25, 0.3) is 0 Å². The first-order chi connectivity index (χ1) is 9.22. The lowest BCUT2D eigenvalue weighted by atomic mass is 10.2. The number of phenols is 2. The zero-order chi connectivity index (χ0) is 14.3. The first-order valence-corrected chi connectivity index (χ1v) is 7.27. The topological polar surface area (TPSA) is 49.7 Å². The van der Waals surface area contributed by atoms with Crippen molar-refractivity contribution < 1.29 is 14.9 Å². The van der Waals surface area contributed by atoms with Gasteiger partial charge in [0.2, 0.25) is 0 Å². The molecule has 3 heteroatoms. The Morgan fingerprint density at radius 2 is 1.21 bits per heavy atom. The van der Waals surface area contributed by atoms with Gasteiger partial charge >= 0.3 is 0 Å². The molecule has 2 N–H and O–H groups in total. The molecule has 1 rings (SSSR count). The Morgan fingerprint density at radius 1 is 0.789 bits per heavy atom. The van der Waals surface area contributed by atoms with Crippen LogP contribution in [0.15, 0.2) is 24.3 Å². The van der Waals surface area contributed by atoms with Crippen molar-refractivity contribution in [1.82, 2.24) is 0 Å². The normalized spacial score (nSPS) is 9.79. The predicted molar refractivity (Wildman–Crippen MR) is 79.6 cm³/mol. The second kappa shape index (κ2) is 13.2. The lowest BCUT2D eigenvalue weighted by molar-refractivity contribution is 0.126. The number of unbranched alkanes of at least 4 members (excludes halogenated alkanes) is 4. The van der Waals surface area contributed by atoms with Gasteiger partial charge in [0.05, 0.1) is 0 Å². The number of rotatable bonds is 8. The van der Waals surface area contributed by atoms with Crippen molar-refractivity contribution in [1.29, 1.82) is 0 Å². The molecule has 0 fully saturated rings. The van der Waals surface area contributed by atoms with Crippen LogP contribution in [-0.2, 0) is 4.74 Å². The molecule has 0 heterocycles. The van der Waals surface area contributed by atoms with Crippen LogP contribution in [0.1, 0.15) is 52.4 Å². The highest BCUT2D eigenvalue weighted by atomic mass is 16.5. The maximum atomic E-state index is 8.67. The third-order valence-electron chi connectivity index (χ3n) is 2.67. The van der Waals surface area contributed by atoms with Gasteiger partial charge < -0.3 is 14.9 Å². The van der Waals surface area contributed by atoms with E-state index in [1.54, 1.807) is 12.1 Å². The van der Waals surface area contributed by atoms with Crippen LogP contribution in [0.4, 0.5) is 0 Å². The predicted octanol–water partition coefficient (Wildman–Crippen LogP) is 4.48. The zero-order valence-electron chi connectivity index (χ0n) is 12.3. The van der Waals surface area contributed by atoms with Crippen molar-refractivity contribution in [2.45, 2.75) is 52.4 Å². The van der Waals surface area contributed by atoms with E-state index in [0.717, 1.165) is 13.2 Å². The van der Waals surface area contributed by atoms with E-state index in [1.165, 1.54) is 50.7 Å². The largest absolute Gasteiger partial charge is 0.504 e. The third-order valence-corrected chi connectivity index (χ3v) is 2.67. The lowest BCUT2D eigenvalue weighted by Crippen LogP contribution is -1.96. The van der Waals surface area contributed by atoms with Crippen LogP contribution in [-0.4, -0.2) is 23.4 Å². The van der Waals surface area contributed by atoms with Gasteiger partial charge in [-0.25, -0.2) is 0 Å². The Hall–Kier alpha value is -1.22. The molecule has 0 saturated heterocycles. The van der Waals surface area contributed by atoms with Gasteiger partial charge in [-0.05, 0) is 25.0 Å². The zero-order valence-corrected chi connectivity index (χ0v) is 12.3. The Balaban J connectivity index is 0.000000356. The Bertz CT molecular complexity index is 271. The van der Waals surface area contributed by atoms with Gasteiger partial charge in [-0.2, -0.15) is 0 Å². The fourth-order valence-corrected chi connectivity index (χ4v) is 1.47. The van der Waals surface area contributed by atoms with E-state index in [0.29, 0.717) is 0 Å². The van der Waals surface area contributed by atoms with Crippen molar-refractivity contribution in [2.24, 2.45) is 0 Å². The van der Waals surface area contributed by atoms with Crippen molar-refractivity contribution in [3.63, 3.8) is 0 Å². The maximum absolute atomic E-state index is 8.67. The van der Waals surface area contributed by atoms with Gasteiger partial charge in [-0.15, -0.1) is 0 Å². The van der Waals surface area contributed by atoms with Crippen molar-refractivity contribution >= 4 is 0 Å². The van der Waals surface area contributed by atoms with E-state index in [1.807, 2.05) is 0 Å². The second-order valence-corrected chi connectivity index (χ2v) is 4.52. The summed E-state index contributed by atoms with van der Waals surface area (Å²) in [5, 5.41) is 17.3. The van der Waals surface area contributed by atoms with Crippen LogP contribution in [0.2, 0.25) is 0 Å². The SMILES string of the molecule is CCCCCOCCCCC.Oc1ccccc1O. The Kier molecular flexibility index (Phi) is 12.4. The van der Waals surface area contributed by atoms with Crippen molar-refractivity contribution in [3.8, 4) is 11.5 Å². The molecule has 0 amide bonds. The van der Waals surface area contributed by atoms with E-state index in [-0.39, 0.29) is 11.5 Å². The van der Waals surface area contributed by atoms with E-state index in [9.17, 15) is 0 Å². The van der Waals surface area contributed by atoms with E-state index >= 15 is 0 Å². The van der Waals surface area contributed by atoms with Gasteiger partial charge in [0.1, 0.15) is 0 Å². The number of para-hydroxylation sites is 2. The van der Waals surface area contributed by atoms with Crippen LogP contribution < -0.4 is 0 Å². The van der Waals surface area contributed by atoms with Gasteiger partial charge in [-0.1, -0.05) is 51.7 Å². The Morgan fingerprint density at radius 3 is 1.53 bits per heavy atom. The van der Waals surface area contributed by atoms with Crippen molar-refractivity contribution in [2.75, 3.05) is 13.2 Å². The summed E-state index contributed by atoms with van der Waals surface area (Å²) < 4.78 is 5.44. The molecule has 1 aromatic carbocycles. The van der Waals surface area contributed by atoms with Crippen LogP contribution in [0, 0.1) is 0 Å². The summed E-state index contributed by atoms with van der Waals surface area (Å²) in [6.07, 6.45) is 7.68. The highest BCUT2D eigenvalue weighted by molar-refractivity contribution is 5.36. The lowest BCUT2D eigenvalue weighted by Gasteiger charge is -2.01. The molecule has 19 heavy (non-hydrogen) atoms. The molecule has 110 valence electrons. The van der Waals surface area contributed by atoms with Gasteiger partial charge in [0.15, 0.2) is 11.5 Å². The quantitative estimate of drug-likeness (QED) is 0.540. The summed E-state index contributed by atoms with van der Waals surface area (Å²) >= 11 is 0. The van der Waals surface area contributed by atoms with E-state index in [2.05, 4.69) is 13.8 Å². The molecule has 0 radical (unpaired) electrons. The smallest absolute Gasteiger partial charge is 0.157 e. The molecule has 1 aromatic rings. The summed E-state index contributed by atoms with van der Waals surface area (Å²) in [6.45, 7) is 6.38. The molecule has 0 bridgehead atoms. The number of benzene rings is 1. The average molecular weight is 268 g/mol. The number of hydrogen-bond donors (Lipinski definition) is 2. The number of hydrogen-bond acceptors (Lipinski definition) is 3. The molecular formula is C16H28O3. The highest BCUT2D eigenvalue weighted by Crippen LogP contribution is 2.21. The van der Waals surface area contributed by atoms with Crippen LogP contribution in [0.25, 0.3) is 0 Å². The van der Waals surface area contributed by atoms with Crippen LogP contribution >= 0.6 is 0 Å². The second-order valence-electron chi connectivity index (χ2n) is 4.52. The number of phenolic OH excluding ortho intramolecular Hbond substituents is 2. The first kappa shape index (κ1) is 17.8. The molecular weight excluding hydrogens is 240 g/mol. The molecule has 0 aromatic heterocycles. The average Bonchev–Trinajstić information content (AvgIpc) is 2.42. The summed E-state index contributed by atoms with van der Waals surface area (Å²) in [6, 6.07) is 6.15. The Labute approximate surface area is 117 Å². The fraction of sp³-hybridized carbons (Fsp3) is 0.625. The fourth-order valence-electron chi connectivity index (χ4n) is 1.47. The van der Waals surface area contributed by atoms with Crippen LogP contribution in [0.5, 0.6) is 11.5 Å². The van der Waals surface area contributed by atoms with Crippen LogP contribution in [0.3, 0.4) is 0 Å². The van der Waals surface area contributed by atoms with E-state index in [4.69, 9.17) is 14.9 Å². The molecule has 0 spiro atoms. The molecule has 0 unspecified atom stereocenters. The van der Waals surface area contributed by atoms with E-state index < -0.39 is 0 Å². The van der Waals surface area contributed by atoms with Gasteiger partial charge in [-0.3, -0.25) is 0 Å². The first-order valence-electron chi connectivity index (χ1n) is 7.27. The summed E-state index contributed by atoms with van der Waals surface area (Å²) in [7, 11) is 0. The summed E-state index contributed by atoms with van der Waals surface area (Å²) in [5.41, 5.74) is 0. The minimum atomic E-state index is -0.0764. The monoisotopic (exact) mass is 268 g/mol. The van der Waals surface area contributed by atoms with Gasteiger partial charge in [0, 0.05) is 13.2 Å². The van der Waals surface area contributed by atoms with Crippen molar-refractivity contribution in [3.05, 3.63) is 24.3 Å². The summed E-state index contributed by atoms with van der Waals surface area (Å²) in [4.78, 5) is 0. The molecule has 0 aliphatic carbocycles. The molecule has 0 atom stereocenters. The minimum absolute atomic E-state index is 0.0764. The standard InChI is InChI=1S/C10H22O.C6H6O2/c1-3-5-7-9-11-10-8-6-4-2;7-5-3-1-2-4-6(5)8/h3-10H2,1-2H3;1-4,7-8H. The third kappa shape index (κ3) is 11.6.